The zero-order valence-electron chi connectivity index (χ0n) is 13.7. The van der Waals surface area contributed by atoms with Crippen LogP contribution >= 0.6 is 12.4 Å². The normalized spacial score (nSPS) is 15.4. The second kappa shape index (κ2) is 9.05. The monoisotopic (exact) mass is 379 g/mol. The third-order valence-corrected chi connectivity index (χ3v) is 4.13. The van der Waals surface area contributed by atoms with Crippen molar-refractivity contribution in [3.05, 3.63) is 35.4 Å². The maximum absolute atomic E-state index is 12.5. The van der Waals surface area contributed by atoms with Crippen LogP contribution in [0.4, 0.5) is 13.2 Å². The highest BCUT2D eigenvalue weighted by atomic mass is 35.5. The van der Waals surface area contributed by atoms with Gasteiger partial charge in [0.2, 0.25) is 5.91 Å². The van der Waals surface area contributed by atoms with Gasteiger partial charge >= 0.3 is 6.18 Å². The largest absolute Gasteiger partial charge is 0.416 e. The van der Waals surface area contributed by atoms with Crippen LogP contribution in [0.25, 0.3) is 0 Å². The molecule has 0 unspecified atom stereocenters. The fraction of sp³-hybridized carbons (Fsp3) is 0.500. The number of rotatable bonds is 4. The summed E-state index contributed by atoms with van der Waals surface area (Å²) in [4.78, 5) is 25.7. The SMILES string of the molecule is CNC1CCN(C(=O)CNC(=O)c2ccc(C(F)(F)F)cc2)CC1.Cl. The van der Waals surface area contributed by atoms with Crippen LogP contribution < -0.4 is 10.6 Å². The molecule has 0 aromatic heterocycles. The molecule has 0 atom stereocenters. The van der Waals surface area contributed by atoms with Gasteiger partial charge in [-0.05, 0) is 44.2 Å². The van der Waals surface area contributed by atoms with Gasteiger partial charge in [-0.3, -0.25) is 9.59 Å². The summed E-state index contributed by atoms with van der Waals surface area (Å²) in [5, 5.41) is 5.61. The molecule has 0 radical (unpaired) electrons. The molecule has 0 spiro atoms. The minimum atomic E-state index is -4.44. The van der Waals surface area contributed by atoms with Crippen LogP contribution in [-0.4, -0.2) is 49.4 Å². The van der Waals surface area contributed by atoms with E-state index in [2.05, 4.69) is 10.6 Å². The van der Waals surface area contributed by atoms with Gasteiger partial charge in [-0.2, -0.15) is 13.2 Å². The van der Waals surface area contributed by atoms with E-state index in [9.17, 15) is 22.8 Å². The molecule has 2 rings (SSSR count). The molecule has 1 heterocycles. The van der Waals surface area contributed by atoms with Crippen molar-refractivity contribution in [2.45, 2.75) is 25.1 Å². The molecular weight excluding hydrogens is 359 g/mol. The number of amides is 2. The molecule has 1 aliphatic heterocycles. The summed E-state index contributed by atoms with van der Waals surface area (Å²) in [7, 11) is 1.88. The third kappa shape index (κ3) is 5.89. The standard InChI is InChI=1S/C16H20F3N3O2.ClH/c1-20-13-6-8-22(9-7-13)14(23)10-21-15(24)11-2-4-12(5-3-11)16(17,18)19;/h2-5,13,20H,6-10H2,1H3,(H,21,24);1H. The molecule has 1 fully saturated rings. The molecule has 25 heavy (non-hydrogen) atoms. The molecule has 0 bridgehead atoms. The molecule has 1 saturated heterocycles. The number of likely N-dealkylation sites (tertiary alicyclic amines) is 1. The van der Waals surface area contributed by atoms with E-state index < -0.39 is 17.6 Å². The summed E-state index contributed by atoms with van der Waals surface area (Å²) in [5.41, 5.74) is -0.729. The molecule has 1 aromatic carbocycles. The molecule has 0 aliphatic carbocycles. The smallest absolute Gasteiger partial charge is 0.343 e. The number of benzene rings is 1. The number of nitrogens with one attached hydrogen (secondary N) is 2. The zero-order chi connectivity index (χ0) is 17.7. The van der Waals surface area contributed by atoms with Gasteiger partial charge in [-0.15, -0.1) is 12.4 Å². The summed E-state index contributed by atoms with van der Waals surface area (Å²) >= 11 is 0. The summed E-state index contributed by atoms with van der Waals surface area (Å²) in [6.07, 6.45) is -2.73. The number of alkyl halides is 3. The van der Waals surface area contributed by atoms with Crippen molar-refractivity contribution >= 4 is 24.2 Å². The quantitative estimate of drug-likeness (QED) is 0.842. The third-order valence-electron chi connectivity index (χ3n) is 4.13. The fourth-order valence-corrected chi connectivity index (χ4v) is 2.60. The van der Waals surface area contributed by atoms with Crippen molar-refractivity contribution in [2.24, 2.45) is 0 Å². The number of carbonyl (C=O) groups excluding carboxylic acids is 2. The van der Waals surface area contributed by atoms with Gasteiger partial charge in [0.15, 0.2) is 0 Å². The van der Waals surface area contributed by atoms with Crippen LogP contribution in [0, 0.1) is 0 Å². The summed E-state index contributed by atoms with van der Waals surface area (Å²) in [6, 6.07) is 4.29. The predicted octanol–water partition coefficient (Wildman–Crippen LogP) is 2.07. The minimum absolute atomic E-state index is 0. The lowest BCUT2D eigenvalue weighted by molar-refractivity contribution is -0.137. The highest BCUT2D eigenvalue weighted by molar-refractivity contribution is 5.96. The Balaban J connectivity index is 0.00000312. The second-order valence-electron chi connectivity index (χ2n) is 5.70. The first kappa shape index (κ1) is 21.2. The first-order valence-electron chi connectivity index (χ1n) is 7.71. The molecule has 1 aromatic rings. The predicted molar refractivity (Wildman–Crippen MR) is 89.7 cm³/mol. The van der Waals surface area contributed by atoms with Gasteiger partial charge < -0.3 is 15.5 Å². The van der Waals surface area contributed by atoms with Crippen LogP contribution in [0.2, 0.25) is 0 Å². The van der Waals surface area contributed by atoms with E-state index in [0.717, 1.165) is 37.1 Å². The van der Waals surface area contributed by atoms with E-state index in [4.69, 9.17) is 0 Å². The lowest BCUT2D eigenvalue weighted by Gasteiger charge is -2.31. The highest BCUT2D eigenvalue weighted by Crippen LogP contribution is 2.29. The van der Waals surface area contributed by atoms with Crippen LogP contribution in [0.1, 0.15) is 28.8 Å². The average molecular weight is 380 g/mol. The molecule has 140 valence electrons. The van der Waals surface area contributed by atoms with Crippen LogP contribution in [-0.2, 0) is 11.0 Å². The van der Waals surface area contributed by atoms with Crippen LogP contribution in [0.3, 0.4) is 0 Å². The Morgan fingerprint density at radius 2 is 1.72 bits per heavy atom. The molecule has 5 nitrogen and oxygen atoms in total. The molecule has 9 heteroatoms. The van der Waals surface area contributed by atoms with Crippen molar-refractivity contribution in [2.75, 3.05) is 26.7 Å². The van der Waals surface area contributed by atoms with Gasteiger partial charge in [-0.25, -0.2) is 0 Å². The number of hydrogen-bond acceptors (Lipinski definition) is 3. The minimum Gasteiger partial charge on any atom is -0.343 e. The van der Waals surface area contributed by atoms with E-state index in [1.54, 1.807) is 4.90 Å². The Bertz CT molecular complexity index is 585. The Labute approximate surface area is 150 Å². The first-order valence-corrected chi connectivity index (χ1v) is 7.71. The summed E-state index contributed by atoms with van der Waals surface area (Å²) in [5.74, 6) is -0.757. The van der Waals surface area contributed by atoms with E-state index in [-0.39, 0.29) is 30.4 Å². The maximum Gasteiger partial charge on any atom is 0.416 e. The van der Waals surface area contributed by atoms with E-state index in [1.165, 1.54) is 0 Å². The number of halogens is 4. The summed E-state index contributed by atoms with van der Waals surface area (Å²) < 4.78 is 37.4. The number of carbonyl (C=O) groups is 2. The maximum atomic E-state index is 12.5. The topological polar surface area (TPSA) is 61.4 Å². The van der Waals surface area contributed by atoms with Crippen molar-refractivity contribution in [3.63, 3.8) is 0 Å². The van der Waals surface area contributed by atoms with E-state index in [1.807, 2.05) is 7.05 Å². The molecule has 1 aliphatic rings. The van der Waals surface area contributed by atoms with Gasteiger partial charge in [0, 0.05) is 24.7 Å². The average Bonchev–Trinajstić information content (AvgIpc) is 2.58. The Morgan fingerprint density at radius 3 is 2.20 bits per heavy atom. The number of nitrogens with zero attached hydrogens (tertiary/aromatic N) is 1. The highest BCUT2D eigenvalue weighted by Gasteiger charge is 2.30. The van der Waals surface area contributed by atoms with Crippen molar-refractivity contribution in [1.82, 2.24) is 15.5 Å². The van der Waals surface area contributed by atoms with Gasteiger partial charge in [-0.1, -0.05) is 0 Å². The molecular formula is C16H21ClF3N3O2. The molecule has 0 saturated carbocycles. The Morgan fingerprint density at radius 1 is 1.16 bits per heavy atom. The summed E-state index contributed by atoms with van der Waals surface area (Å²) in [6.45, 7) is 1.09. The first-order chi connectivity index (χ1) is 11.3. The van der Waals surface area contributed by atoms with Gasteiger partial charge in [0.1, 0.15) is 0 Å². The Hall–Kier alpha value is -1.80. The van der Waals surface area contributed by atoms with Crippen molar-refractivity contribution in [3.8, 4) is 0 Å². The Kier molecular flexibility index (Phi) is 7.69. The van der Waals surface area contributed by atoms with Gasteiger partial charge in [0.25, 0.3) is 5.91 Å². The van der Waals surface area contributed by atoms with Crippen LogP contribution in [0.5, 0.6) is 0 Å². The lowest BCUT2D eigenvalue weighted by atomic mass is 10.1. The van der Waals surface area contributed by atoms with E-state index in [0.29, 0.717) is 19.1 Å². The lowest BCUT2D eigenvalue weighted by Crippen LogP contribution is -2.47. The molecule has 2 N–H and O–H groups in total. The fourth-order valence-electron chi connectivity index (χ4n) is 2.60. The van der Waals surface area contributed by atoms with Crippen molar-refractivity contribution < 1.29 is 22.8 Å². The van der Waals surface area contributed by atoms with Gasteiger partial charge in [0.05, 0.1) is 12.1 Å². The number of hydrogen-bond donors (Lipinski definition) is 2. The second-order valence-corrected chi connectivity index (χ2v) is 5.70. The van der Waals surface area contributed by atoms with Crippen molar-refractivity contribution in [1.29, 1.82) is 0 Å². The van der Waals surface area contributed by atoms with E-state index >= 15 is 0 Å². The zero-order valence-corrected chi connectivity index (χ0v) is 14.5. The number of piperidine rings is 1. The molecule has 2 amide bonds. The van der Waals surface area contributed by atoms with Crippen LogP contribution in [0.15, 0.2) is 24.3 Å².